The molecule has 2 saturated carbocycles. The van der Waals surface area contributed by atoms with Crippen molar-refractivity contribution in [1.29, 1.82) is 0 Å². The highest BCUT2D eigenvalue weighted by Gasteiger charge is 2.24. The maximum absolute atomic E-state index is 9.63. The number of hydrogen-bond acceptors (Lipinski definition) is 1. The van der Waals surface area contributed by atoms with Crippen molar-refractivity contribution in [2.24, 2.45) is 17.8 Å². The van der Waals surface area contributed by atoms with Crippen LogP contribution in [0.3, 0.4) is 0 Å². The van der Waals surface area contributed by atoms with E-state index in [1.165, 1.54) is 57.8 Å². The monoisotopic (exact) mass is 250 g/mol. The van der Waals surface area contributed by atoms with Crippen LogP contribution in [0.1, 0.15) is 71.6 Å². The zero-order valence-corrected chi connectivity index (χ0v) is 12.2. The summed E-state index contributed by atoms with van der Waals surface area (Å²) in [4.78, 5) is 0. The smallest absolute Gasteiger partial charge is 0.0540 e. The molecule has 0 aromatic carbocycles. The third-order valence-corrected chi connectivity index (χ3v) is 5.29. The van der Waals surface area contributed by atoms with Crippen molar-refractivity contribution in [3.05, 3.63) is 11.6 Å². The van der Waals surface area contributed by atoms with Crippen LogP contribution in [0.15, 0.2) is 11.6 Å². The van der Waals surface area contributed by atoms with Gasteiger partial charge < -0.3 is 5.11 Å². The van der Waals surface area contributed by atoms with Crippen molar-refractivity contribution in [2.75, 3.05) is 0 Å². The van der Waals surface area contributed by atoms with Gasteiger partial charge in [0.2, 0.25) is 0 Å². The average Bonchev–Trinajstić information content (AvgIpc) is 2.40. The van der Waals surface area contributed by atoms with E-state index in [-0.39, 0.29) is 6.10 Å². The number of aliphatic hydroxyl groups excluding tert-OH is 1. The van der Waals surface area contributed by atoms with Crippen LogP contribution < -0.4 is 0 Å². The van der Waals surface area contributed by atoms with Gasteiger partial charge in [-0.25, -0.2) is 0 Å². The van der Waals surface area contributed by atoms with Crippen LogP contribution in [0.25, 0.3) is 0 Å². The molecule has 1 nitrogen and oxygen atoms in total. The Morgan fingerprint density at radius 2 is 1.72 bits per heavy atom. The van der Waals surface area contributed by atoms with Crippen molar-refractivity contribution >= 4 is 0 Å². The van der Waals surface area contributed by atoms with Crippen molar-refractivity contribution < 1.29 is 5.11 Å². The maximum Gasteiger partial charge on any atom is 0.0540 e. The molecule has 0 amide bonds. The van der Waals surface area contributed by atoms with Crippen LogP contribution >= 0.6 is 0 Å². The van der Waals surface area contributed by atoms with E-state index in [1.807, 2.05) is 6.92 Å². The molecule has 0 aromatic rings. The van der Waals surface area contributed by atoms with Crippen LogP contribution in [-0.2, 0) is 0 Å². The second-order valence-corrected chi connectivity index (χ2v) is 6.59. The quantitative estimate of drug-likeness (QED) is 0.720. The van der Waals surface area contributed by atoms with Crippen LogP contribution in [0.4, 0.5) is 0 Å². The lowest BCUT2D eigenvalue weighted by Crippen LogP contribution is -2.22. The van der Waals surface area contributed by atoms with Crippen molar-refractivity contribution in [1.82, 2.24) is 0 Å². The number of aliphatic hydroxyl groups is 1. The molecule has 0 bridgehead atoms. The Bertz CT molecular complexity index is 261. The zero-order valence-electron chi connectivity index (χ0n) is 12.2. The van der Waals surface area contributed by atoms with Gasteiger partial charge in [0.1, 0.15) is 0 Å². The third-order valence-electron chi connectivity index (χ3n) is 5.29. The third kappa shape index (κ3) is 3.85. The van der Waals surface area contributed by atoms with E-state index in [1.54, 1.807) is 5.57 Å². The van der Waals surface area contributed by atoms with E-state index < -0.39 is 0 Å². The summed E-state index contributed by atoms with van der Waals surface area (Å²) in [7, 11) is 0. The van der Waals surface area contributed by atoms with Crippen LogP contribution in [0.2, 0.25) is 0 Å². The molecular formula is C17H30O. The Kier molecular flexibility index (Phi) is 5.29. The summed E-state index contributed by atoms with van der Waals surface area (Å²) in [5.41, 5.74) is 1.74. The molecule has 0 aromatic heterocycles. The minimum Gasteiger partial charge on any atom is -0.393 e. The Morgan fingerprint density at radius 3 is 2.22 bits per heavy atom. The fourth-order valence-electron chi connectivity index (χ4n) is 3.75. The molecule has 18 heavy (non-hydrogen) atoms. The summed E-state index contributed by atoms with van der Waals surface area (Å²) in [6.07, 6.45) is 14.5. The summed E-state index contributed by atoms with van der Waals surface area (Å²) < 4.78 is 0. The first-order chi connectivity index (χ1) is 8.69. The van der Waals surface area contributed by atoms with E-state index in [4.69, 9.17) is 0 Å². The molecule has 2 rings (SSSR count). The summed E-state index contributed by atoms with van der Waals surface area (Å²) in [6, 6.07) is 0. The largest absolute Gasteiger partial charge is 0.393 e. The van der Waals surface area contributed by atoms with E-state index in [0.29, 0.717) is 5.92 Å². The molecule has 0 radical (unpaired) electrons. The molecular weight excluding hydrogens is 220 g/mol. The fourth-order valence-corrected chi connectivity index (χ4v) is 3.75. The molecule has 2 fully saturated rings. The summed E-state index contributed by atoms with van der Waals surface area (Å²) >= 11 is 0. The highest BCUT2D eigenvalue weighted by molar-refractivity contribution is 5.08. The fraction of sp³-hybridized carbons (Fsp3) is 0.882. The topological polar surface area (TPSA) is 20.2 Å². The number of allylic oxidation sites excluding steroid dienone is 2. The summed E-state index contributed by atoms with van der Waals surface area (Å²) in [6.45, 7) is 4.28. The van der Waals surface area contributed by atoms with Gasteiger partial charge in [-0.1, -0.05) is 25.0 Å². The van der Waals surface area contributed by atoms with Gasteiger partial charge in [0.15, 0.2) is 0 Å². The van der Waals surface area contributed by atoms with E-state index in [9.17, 15) is 5.11 Å². The van der Waals surface area contributed by atoms with Crippen LogP contribution in [-0.4, -0.2) is 11.2 Å². The molecule has 1 atom stereocenters. The lowest BCUT2D eigenvalue weighted by atomic mass is 9.77. The zero-order chi connectivity index (χ0) is 13.0. The normalized spacial score (nSPS) is 35.3. The number of rotatable bonds is 3. The van der Waals surface area contributed by atoms with E-state index in [2.05, 4.69) is 13.0 Å². The molecule has 1 heteroatoms. The summed E-state index contributed by atoms with van der Waals surface area (Å²) in [5, 5.41) is 9.63. The molecule has 2 aliphatic carbocycles. The highest BCUT2D eigenvalue weighted by atomic mass is 16.3. The van der Waals surface area contributed by atoms with Gasteiger partial charge in [-0.15, -0.1) is 0 Å². The number of hydrogen-bond donors (Lipinski definition) is 1. The first-order valence-electron chi connectivity index (χ1n) is 8.06. The Hall–Kier alpha value is -0.300. The van der Waals surface area contributed by atoms with Gasteiger partial charge in [-0.05, 0) is 76.0 Å². The summed E-state index contributed by atoms with van der Waals surface area (Å²) in [5.74, 6) is 2.37. The highest BCUT2D eigenvalue weighted by Crippen LogP contribution is 2.35. The lowest BCUT2D eigenvalue weighted by molar-refractivity contribution is 0.0938. The van der Waals surface area contributed by atoms with Crippen LogP contribution in [0.5, 0.6) is 0 Å². The Morgan fingerprint density at radius 1 is 1.11 bits per heavy atom. The Balaban J connectivity index is 1.77. The lowest BCUT2D eigenvalue weighted by Gasteiger charge is -2.30. The van der Waals surface area contributed by atoms with Crippen molar-refractivity contribution in [3.8, 4) is 0 Å². The van der Waals surface area contributed by atoms with Crippen molar-refractivity contribution in [3.63, 3.8) is 0 Å². The molecule has 104 valence electrons. The van der Waals surface area contributed by atoms with Gasteiger partial charge in [-0.2, -0.15) is 0 Å². The minimum atomic E-state index is -0.0985. The maximum atomic E-state index is 9.63. The predicted molar refractivity (Wildman–Crippen MR) is 77.5 cm³/mol. The van der Waals surface area contributed by atoms with Gasteiger partial charge in [0.25, 0.3) is 0 Å². The molecule has 1 unspecified atom stereocenters. The SMILES string of the molecule is CCC1CCC(=CC2CCC(C(C)O)CC2)CC1. The van der Waals surface area contributed by atoms with E-state index >= 15 is 0 Å². The van der Waals surface area contributed by atoms with Gasteiger partial charge in [0.05, 0.1) is 6.10 Å². The molecule has 1 N–H and O–H groups in total. The standard InChI is InChI=1S/C17H30O/c1-3-14-4-6-15(7-5-14)12-16-8-10-17(11-9-16)13(2)18/h12-14,16-18H,3-11H2,1-2H3. The van der Waals surface area contributed by atoms with Gasteiger partial charge in [-0.3, -0.25) is 0 Å². The second-order valence-electron chi connectivity index (χ2n) is 6.59. The first kappa shape index (κ1) is 14.1. The van der Waals surface area contributed by atoms with Crippen molar-refractivity contribution in [2.45, 2.75) is 77.7 Å². The van der Waals surface area contributed by atoms with Gasteiger partial charge >= 0.3 is 0 Å². The molecule has 0 heterocycles. The second kappa shape index (κ2) is 6.75. The van der Waals surface area contributed by atoms with Gasteiger partial charge in [0, 0.05) is 0 Å². The minimum absolute atomic E-state index is 0.0985. The molecule has 2 aliphatic rings. The molecule has 0 aliphatic heterocycles. The predicted octanol–water partition coefficient (Wildman–Crippen LogP) is 4.70. The average molecular weight is 250 g/mol. The van der Waals surface area contributed by atoms with Crippen LogP contribution in [0, 0.1) is 17.8 Å². The van der Waals surface area contributed by atoms with E-state index in [0.717, 1.165) is 11.8 Å². The molecule has 0 saturated heterocycles. The Labute approximate surface area is 113 Å². The first-order valence-corrected chi connectivity index (χ1v) is 8.06. The molecule has 0 spiro atoms.